The number of aromatic nitrogens is 1. The first-order chi connectivity index (χ1) is 11.2. The van der Waals surface area contributed by atoms with Crippen LogP contribution >= 0.6 is 11.3 Å². The van der Waals surface area contributed by atoms with Crippen molar-refractivity contribution in [1.82, 2.24) is 9.88 Å². The maximum atomic E-state index is 13.5. The highest BCUT2D eigenvalue weighted by Crippen LogP contribution is 2.20. The van der Waals surface area contributed by atoms with Crippen molar-refractivity contribution in [3.8, 4) is 0 Å². The standard InChI is InChI=1S/C17H19FN2O2S/c1-2-5-16-19-15(11-23-16)17(21)20-8-13(9-20)22-10-12-6-3-4-7-14(12)18/h3-4,6-7,11,13H,2,5,8-10H2,1H3. The number of benzene rings is 1. The number of ether oxygens (including phenoxy) is 1. The number of hydrogen-bond donors (Lipinski definition) is 0. The first-order valence-corrected chi connectivity index (χ1v) is 8.64. The lowest BCUT2D eigenvalue weighted by atomic mass is 10.1. The van der Waals surface area contributed by atoms with Gasteiger partial charge in [-0.3, -0.25) is 4.79 Å². The molecule has 0 N–H and O–H groups in total. The lowest BCUT2D eigenvalue weighted by Gasteiger charge is -2.38. The Morgan fingerprint density at radius 3 is 2.96 bits per heavy atom. The van der Waals surface area contributed by atoms with E-state index in [1.807, 2.05) is 5.38 Å². The summed E-state index contributed by atoms with van der Waals surface area (Å²) in [5.41, 5.74) is 1.06. The van der Waals surface area contributed by atoms with Crippen LogP contribution in [-0.4, -0.2) is 35.0 Å². The average Bonchev–Trinajstić information content (AvgIpc) is 2.96. The van der Waals surface area contributed by atoms with Crippen molar-refractivity contribution in [1.29, 1.82) is 0 Å². The van der Waals surface area contributed by atoms with Crippen LogP contribution in [0.5, 0.6) is 0 Å². The number of rotatable bonds is 6. The molecule has 0 spiro atoms. The number of aryl methyl sites for hydroxylation is 1. The Bertz CT molecular complexity index is 683. The topological polar surface area (TPSA) is 42.4 Å². The molecular formula is C17H19FN2O2S. The number of carbonyl (C=O) groups is 1. The number of halogens is 1. The van der Waals surface area contributed by atoms with E-state index < -0.39 is 0 Å². The summed E-state index contributed by atoms with van der Waals surface area (Å²) in [7, 11) is 0. The van der Waals surface area contributed by atoms with Gasteiger partial charge in [-0.25, -0.2) is 9.37 Å². The summed E-state index contributed by atoms with van der Waals surface area (Å²) in [5, 5.41) is 2.82. The number of hydrogen-bond acceptors (Lipinski definition) is 4. The minimum absolute atomic E-state index is 0.0349. The zero-order valence-corrected chi connectivity index (χ0v) is 13.8. The van der Waals surface area contributed by atoms with E-state index in [1.54, 1.807) is 23.1 Å². The molecular weight excluding hydrogens is 315 g/mol. The fraction of sp³-hybridized carbons (Fsp3) is 0.412. The summed E-state index contributed by atoms with van der Waals surface area (Å²) in [4.78, 5) is 18.4. The van der Waals surface area contributed by atoms with Gasteiger partial charge in [0.15, 0.2) is 0 Å². The Morgan fingerprint density at radius 2 is 2.22 bits per heavy atom. The number of amides is 1. The third kappa shape index (κ3) is 3.76. The van der Waals surface area contributed by atoms with Crippen LogP contribution in [0.4, 0.5) is 4.39 Å². The summed E-state index contributed by atoms with van der Waals surface area (Å²) in [6, 6.07) is 6.57. The second-order valence-corrected chi connectivity index (χ2v) is 6.55. The number of likely N-dealkylation sites (tertiary alicyclic amines) is 1. The normalized spacial score (nSPS) is 14.8. The van der Waals surface area contributed by atoms with Crippen LogP contribution in [0, 0.1) is 5.82 Å². The second-order valence-electron chi connectivity index (χ2n) is 5.61. The molecule has 23 heavy (non-hydrogen) atoms. The minimum atomic E-state index is -0.259. The summed E-state index contributed by atoms with van der Waals surface area (Å²) < 4.78 is 19.2. The molecule has 1 aromatic heterocycles. The van der Waals surface area contributed by atoms with Crippen LogP contribution < -0.4 is 0 Å². The summed E-state index contributed by atoms with van der Waals surface area (Å²) in [6.07, 6.45) is 1.90. The van der Waals surface area contributed by atoms with E-state index in [2.05, 4.69) is 11.9 Å². The first-order valence-electron chi connectivity index (χ1n) is 7.76. The first kappa shape index (κ1) is 16.1. The molecule has 122 valence electrons. The molecule has 6 heteroatoms. The number of thiazole rings is 1. The molecule has 0 aliphatic carbocycles. The molecule has 0 unspecified atom stereocenters. The Kier molecular flexibility index (Phi) is 5.03. The van der Waals surface area contributed by atoms with Gasteiger partial charge in [-0.1, -0.05) is 25.1 Å². The molecule has 1 amide bonds. The van der Waals surface area contributed by atoms with Crippen LogP contribution in [0.25, 0.3) is 0 Å². The molecule has 0 bridgehead atoms. The molecule has 2 heterocycles. The fourth-order valence-electron chi connectivity index (χ4n) is 2.43. The molecule has 1 aliphatic heterocycles. The van der Waals surface area contributed by atoms with E-state index >= 15 is 0 Å². The monoisotopic (exact) mass is 334 g/mol. The Morgan fingerprint density at radius 1 is 1.43 bits per heavy atom. The van der Waals surface area contributed by atoms with Gasteiger partial charge < -0.3 is 9.64 Å². The molecule has 1 aromatic carbocycles. The van der Waals surface area contributed by atoms with Crippen molar-refractivity contribution in [3.05, 3.63) is 51.7 Å². The van der Waals surface area contributed by atoms with E-state index in [0.717, 1.165) is 17.8 Å². The van der Waals surface area contributed by atoms with Gasteiger partial charge in [-0.2, -0.15) is 0 Å². The van der Waals surface area contributed by atoms with Crippen molar-refractivity contribution in [2.45, 2.75) is 32.5 Å². The molecule has 1 saturated heterocycles. The van der Waals surface area contributed by atoms with Gasteiger partial charge in [0.2, 0.25) is 0 Å². The van der Waals surface area contributed by atoms with Crippen LogP contribution in [0.1, 0.15) is 34.4 Å². The van der Waals surface area contributed by atoms with E-state index in [0.29, 0.717) is 24.3 Å². The number of nitrogens with zero attached hydrogens (tertiary/aromatic N) is 2. The molecule has 4 nitrogen and oxygen atoms in total. The van der Waals surface area contributed by atoms with Gasteiger partial charge in [0.25, 0.3) is 5.91 Å². The molecule has 3 rings (SSSR count). The van der Waals surface area contributed by atoms with Crippen molar-refractivity contribution in [3.63, 3.8) is 0 Å². The van der Waals surface area contributed by atoms with Crippen LogP contribution in [0.2, 0.25) is 0 Å². The van der Waals surface area contributed by atoms with Crippen molar-refractivity contribution < 1.29 is 13.9 Å². The van der Waals surface area contributed by atoms with Crippen molar-refractivity contribution in [2.75, 3.05) is 13.1 Å². The zero-order chi connectivity index (χ0) is 16.2. The van der Waals surface area contributed by atoms with Gasteiger partial charge in [-0.05, 0) is 18.9 Å². The van der Waals surface area contributed by atoms with E-state index in [9.17, 15) is 9.18 Å². The summed E-state index contributed by atoms with van der Waals surface area (Å²) in [5.74, 6) is -0.306. The van der Waals surface area contributed by atoms with E-state index in [4.69, 9.17) is 4.74 Å². The predicted molar refractivity (Wildman–Crippen MR) is 87.0 cm³/mol. The molecule has 1 aliphatic rings. The largest absolute Gasteiger partial charge is 0.370 e. The number of carbonyl (C=O) groups excluding carboxylic acids is 1. The van der Waals surface area contributed by atoms with Crippen LogP contribution in [0.3, 0.4) is 0 Å². The molecule has 1 fully saturated rings. The Balaban J connectivity index is 1.47. The highest BCUT2D eigenvalue weighted by atomic mass is 32.1. The van der Waals surface area contributed by atoms with Crippen LogP contribution in [0.15, 0.2) is 29.6 Å². The summed E-state index contributed by atoms with van der Waals surface area (Å²) >= 11 is 1.53. The summed E-state index contributed by atoms with van der Waals surface area (Å²) in [6.45, 7) is 3.40. The average molecular weight is 334 g/mol. The predicted octanol–water partition coefficient (Wildman–Crippen LogP) is 3.28. The molecule has 0 saturated carbocycles. The van der Waals surface area contributed by atoms with Crippen molar-refractivity contribution >= 4 is 17.2 Å². The quantitative estimate of drug-likeness (QED) is 0.814. The molecule has 2 aromatic rings. The lowest BCUT2D eigenvalue weighted by Crippen LogP contribution is -2.54. The SMILES string of the molecule is CCCc1nc(C(=O)N2CC(OCc3ccccc3F)C2)cs1. The minimum Gasteiger partial charge on any atom is -0.370 e. The van der Waals surface area contributed by atoms with Gasteiger partial charge in [-0.15, -0.1) is 11.3 Å². The maximum Gasteiger partial charge on any atom is 0.273 e. The van der Waals surface area contributed by atoms with Gasteiger partial charge in [0.05, 0.1) is 17.7 Å². The zero-order valence-electron chi connectivity index (χ0n) is 13.0. The third-order valence-electron chi connectivity index (χ3n) is 3.80. The molecule has 0 radical (unpaired) electrons. The highest BCUT2D eigenvalue weighted by molar-refractivity contribution is 7.09. The van der Waals surface area contributed by atoms with E-state index in [-0.39, 0.29) is 24.4 Å². The van der Waals surface area contributed by atoms with Gasteiger partial charge >= 0.3 is 0 Å². The molecule has 0 atom stereocenters. The van der Waals surface area contributed by atoms with Gasteiger partial charge in [0, 0.05) is 24.0 Å². The third-order valence-corrected chi connectivity index (χ3v) is 4.71. The van der Waals surface area contributed by atoms with Crippen molar-refractivity contribution in [2.24, 2.45) is 0 Å². The second kappa shape index (κ2) is 7.19. The Hall–Kier alpha value is -1.79. The van der Waals surface area contributed by atoms with E-state index in [1.165, 1.54) is 17.4 Å². The maximum absolute atomic E-state index is 13.5. The highest BCUT2D eigenvalue weighted by Gasteiger charge is 2.33. The van der Waals surface area contributed by atoms with Crippen LogP contribution in [-0.2, 0) is 17.8 Å². The smallest absolute Gasteiger partial charge is 0.273 e. The fourth-order valence-corrected chi connectivity index (χ4v) is 3.31. The lowest BCUT2D eigenvalue weighted by molar-refractivity contribution is -0.0511. The van der Waals surface area contributed by atoms with Gasteiger partial charge in [0.1, 0.15) is 11.5 Å². The Labute approximate surface area is 138 Å².